The van der Waals surface area contributed by atoms with Crippen LogP contribution in [0.1, 0.15) is 47.4 Å². The number of aliphatic hydroxyl groups excluding tert-OH is 2. The second-order valence-corrected chi connectivity index (χ2v) is 4.87. The molecule has 22 heavy (non-hydrogen) atoms. The molecule has 1 rings (SSSR count). The molecule has 0 aromatic heterocycles. The van der Waals surface area contributed by atoms with Crippen LogP contribution in [0.15, 0.2) is 24.3 Å². The average molecular weight is 310 g/mol. The second kappa shape index (κ2) is 9.17. The van der Waals surface area contributed by atoms with Gasteiger partial charge in [0.1, 0.15) is 13.2 Å². The summed E-state index contributed by atoms with van der Waals surface area (Å²) in [5, 5.41) is 18.8. The number of hydrogen-bond donors (Lipinski definition) is 2. The first-order valence-electron chi connectivity index (χ1n) is 7.28. The van der Waals surface area contributed by atoms with E-state index in [0.717, 1.165) is 0 Å². The van der Waals surface area contributed by atoms with Crippen molar-refractivity contribution >= 4 is 11.9 Å². The third kappa shape index (κ3) is 5.46. The van der Waals surface area contributed by atoms with E-state index in [9.17, 15) is 19.8 Å². The molecule has 0 saturated heterocycles. The smallest absolute Gasteiger partial charge is 0.339 e. The predicted molar refractivity (Wildman–Crippen MR) is 79.6 cm³/mol. The Morgan fingerprint density at radius 3 is 1.59 bits per heavy atom. The average Bonchev–Trinajstić information content (AvgIpc) is 2.56. The Morgan fingerprint density at radius 2 is 1.27 bits per heavy atom. The minimum absolute atomic E-state index is 0.0711. The molecule has 0 aliphatic rings. The van der Waals surface area contributed by atoms with E-state index < -0.39 is 24.1 Å². The molecule has 122 valence electrons. The van der Waals surface area contributed by atoms with Gasteiger partial charge < -0.3 is 19.7 Å². The van der Waals surface area contributed by atoms with Gasteiger partial charge >= 0.3 is 11.9 Å². The summed E-state index contributed by atoms with van der Waals surface area (Å²) in [5.74, 6) is -1.40. The molecule has 1 aromatic carbocycles. The van der Waals surface area contributed by atoms with Crippen molar-refractivity contribution in [2.24, 2.45) is 0 Å². The summed E-state index contributed by atoms with van der Waals surface area (Å²) in [7, 11) is 0. The summed E-state index contributed by atoms with van der Waals surface area (Å²) < 4.78 is 9.94. The van der Waals surface area contributed by atoms with Gasteiger partial charge in [-0.25, -0.2) is 9.59 Å². The third-order valence-electron chi connectivity index (χ3n) is 3.12. The molecular weight excluding hydrogens is 288 g/mol. The highest BCUT2D eigenvalue weighted by atomic mass is 16.5. The van der Waals surface area contributed by atoms with Gasteiger partial charge in [0.25, 0.3) is 0 Å². The highest BCUT2D eigenvalue weighted by Gasteiger charge is 2.20. The normalized spacial score (nSPS) is 13.3. The van der Waals surface area contributed by atoms with E-state index in [-0.39, 0.29) is 24.3 Å². The fraction of sp³-hybridized carbons (Fsp3) is 0.500. The van der Waals surface area contributed by atoms with E-state index in [2.05, 4.69) is 0 Å². The van der Waals surface area contributed by atoms with Gasteiger partial charge in [-0.2, -0.15) is 0 Å². The van der Waals surface area contributed by atoms with E-state index in [4.69, 9.17) is 9.47 Å². The Labute approximate surface area is 129 Å². The number of hydrogen-bond acceptors (Lipinski definition) is 6. The quantitative estimate of drug-likeness (QED) is 0.708. The molecule has 6 nitrogen and oxygen atoms in total. The van der Waals surface area contributed by atoms with Gasteiger partial charge in [-0.15, -0.1) is 0 Å². The molecule has 0 saturated carbocycles. The molecule has 0 bridgehead atoms. The number of benzene rings is 1. The van der Waals surface area contributed by atoms with Crippen LogP contribution < -0.4 is 0 Å². The molecule has 0 aliphatic heterocycles. The van der Waals surface area contributed by atoms with Crippen LogP contribution in [0.4, 0.5) is 0 Å². The molecule has 6 heteroatoms. The SMILES string of the molecule is CCC(O)COC(=O)c1ccccc1C(=O)OCC(O)CC. The Kier molecular flexibility index (Phi) is 7.56. The van der Waals surface area contributed by atoms with Gasteiger partial charge in [0.15, 0.2) is 0 Å². The molecule has 0 aliphatic carbocycles. The lowest BCUT2D eigenvalue weighted by Crippen LogP contribution is -2.21. The maximum atomic E-state index is 12.0. The van der Waals surface area contributed by atoms with Crippen molar-refractivity contribution in [1.29, 1.82) is 0 Å². The van der Waals surface area contributed by atoms with E-state index >= 15 is 0 Å². The van der Waals surface area contributed by atoms with E-state index in [1.807, 2.05) is 0 Å². The lowest BCUT2D eigenvalue weighted by molar-refractivity contribution is 0.0213. The van der Waals surface area contributed by atoms with E-state index in [0.29, 0.717) is 12.8 Å². The van der Waals surface area contributed by atoms with Crippen LogP contribution in [0.3, 0.4) is 0 Å². The molecule has 0 fully saturated rings. The minimum Gasteiger partial charge on any atom is -0.459 e. The summed E-state index contributed by atoms with van der Waals surface area (Å²) in [6, 6.07) is 6.11. The topological polar surface area (TPSA) is 93.1 Å². The summed E-state index contributed by atoms with van der Waals surface area (Å²) in [6.45, 7) is 3.27. The summed E-state index contributed by atoms with van der Waals surface area (Å²) in [6.07, 6.45) is -0.539. The highest BCUT2D eigenvalue weighted by Crippen LogP contribution is 2.13. The van der Waals surface area contributed by atoms with Crippen molar-refractivity contribution in [3.05, 3.63) is 35.4 Å². The number of carbonyl (C=O) groups excluding carboxylic acids is 2. The van der Waals surface area contributed by atoms with Crippen LogP contribution >= 0.6 is 0 Å². The largest absolute Gasteiger partial charge is 0.459 e. The molecule has 1 aromatic rings. The van der Waals surface area contributed by atoms with E-state index in [1.54, 1.807) is 26.0 Å². The van der Waals surface area contributed by atoms with Gasteiger partial charge in [0.05, 0.1) is 23.3 Å². The van der Waals surface area contributed by atoms with Crippen molar-refractivity contribution in [2.45, 2.75) is 38.9 Å². The number of ether oxygens (including phenoxy) is 2. The van der Waals surface area contributed by atoms with Crippen molar-refractivity contribution in [3.63, 3.8) is 0 Å². The Morgan fingerprint density at radius 1 is 0.909 bits per heavy atom. The monoisotopic (exact) mass is 310 g/mol. The lowest BCUT2D eigenvalue weighted by Gasteiger charge is -2.12. The van der Waals surface area contributed by atoms with Crippen LogP contribution in [0, 0.1) is 0 Å². The zero-order valence-electron chi connectivity index (χ0n) is 12.8. The third-order valence-corrected chi connectivity index (χ3v) is 3.12. The second-order valence-electron chi connectivity index (χ2n) is 4.87. The van der Waals surface area contributed by atoms with Crippen LogP contribution in [-0.4, -0.2) is 47.6 Å². The standard InChI is InChI=1S/C16H22O6/c1-3-11(17)9-21-15(19)13-7-5-6-8-14(13)16(20)22-10-12(18)4-2/h5-8,11-12,17-18H,3-4,9-10H2,1-2H3. The number of rotatable bonds is 8. The van der Waals surface area contributed by atoms with Gasteiger partial charge in [-0.3, -0.25) is 0 Å². The summed E-state index contributed by atoms with van der Waals surface area (Å²) in [4.78, 5) is 24.0. The maximum Gasteiger partial charge on any atom is 0.339 e. The van der Waals surface area contributed by atoms with Gasteiger partial charge in [0, 0.05) is 0 Å². The lowest BCUT2D eigenvalue weighted by atomic mass is 10.1. The molecular formula is C16H22O6. The molecule has 2 unspecified atom stereocenters. The van der Waals surface area contributed by atoms with Crippen LogP contribution in [0.2, 0.25) is 0 Å². The van der Waals surface area contributed by atoms with Crippen molar-refractivity contribution in [2.75, 3.05) is 13.2 Å². The predicted octanol–water partition coefficient (Wildman–Crippen LogP) is 1.54. The van der Waals surface area contributed by atoms with Gasteiger partial charge in [0.2, 0.25) is 0 Å². The van der Waals surface area contributed by atoms with Crippen molar-refractivity contribution < 1.29 is 29.3 Å². The van der Waals surface area contributed by atoms with Crippen LogP contribution in [-0.2, 0) is 9.47 Å². The number of carbonyl (C=O) groups is 2. The number of esters is 2. The first kappa shape index (κ1) is 18.1. The van der Waals surface area contributed by atoms with E-state index in [1.165, 1.54) is 12.1 Å². The van der Waals surface area contributed by atoms with Gasteiger partial charge in [-0.05, 0) is 25.0 Å². The Balaban J connectivity index is 2.76. The fourth-order valence-electron chi connectivity index (χ4n) is 1.57. The van der Waals surface area contributed by atoms with Crippen molar-refractivity contribution in [1.82, 2.24) is 0 Å². The molecule has 2 N–H and O–H groups in total. The fourth-order valence-corrected chi connectivity index (χ4v) is 1.57. The van der Waals surface area contributed by atoms with Crippen LogP contribution in [0.5, 0.6) is 0 Å². The Hall–Kier alpha value is -1.92. The molecule has 0 amide bonds. The number of aliphatic hydroxyl groups is 2. The first-order valence-corrected chi connectivity index (χ1v) is 7.28. The zero-order valence-corrected chi connectivity index (χ0v) is 12.8. The van der Waals surface area contributed by atoms with Crippen LogP contribution in [0.25, 0.3) is 0 Å². The maximum absolute atomic E-state index is 12.0. The first-order chi connectivity index (χ1) is 10.5. The molecule has 0 heterocycles. The van der Waals surface area contributed by atoms with Gasteiger partial charge in [-0.1, -0.05) is 26.0 Å². The molecule has 2 atom stereocenters. The van der Waals surface area contributed by atoms with Crippen molar-refractivity contribution in [3.8, 4) is 0 Å². The molecule has 0 radical (unpaired) electrons. The zero-order chi connectivity index (χ0) is 16.5. The Bertz CT molecular complexity index is 454. The molecule has 0 spiro atoms. The minimum atomic E-state index is -0.734. The highest BCUT2D eigenvalue weighted by molar-refractivity contribution is 6.03. The summed E-state index contributed by atoms with van der Waals surface area (Å²) >= 11 is 0. The summed E-state index contributed by atoms with van der Waals surface area (Å²) in [5.41, 5.74) is 0.142.